The highest BCUT2D eigenvalue weighted by Gasteiger charge is 2.59. The number of hydrogen-bond donors (Lipinski definition) is 0. The Morgan fingerprint density at radius 1 is 0.769 bits per heavy atom. The topological polar surface area (TPSA) is 17.1 Å². The van der Waals surface area contributed by atoms with E-state index < -0.39 is 0 Å². The van der Waals surface area contributed by atoms with Crippen LogP contribution in [0.15, 0.2) is 0 Å². The Bertz CT molecular complexity index is 575. The molecule has 0 aliphatic heterocycles. The van der Waals surface area contributed by atoms with Crippen LogP contribution >= 0.6 is 0 Å². The van der Waals surface area contributed by atoms with Crippen molar-refractivity contribution in [1.82, 2.24) is 0 Å². The van der Waals surface area contributed by atoms with Gasteiger partial charge < -0.3 is 0 Å². The average Bonchev–Trinajstić information content (AvgIpc) is 2.62. The molecule has 0 amide bonds. The van der Waals surface area contributed by atoms with Crippen LogP contribution in [0.1, 0.15) is 106 Å². The van der Waals surface area contributed by atoms with Gasteiger partial charge in [0.15, 0.2) is 0 Å². The van der Waals surface area contributed by atoms with Crippen LogP contribution in [-0.4, -0.2) is 5.78 Å². The number of Topliss-reactive ketones (excluding diaryl/α,β-unsaturated/α-hetero) is 1. The van der Waals surface area contributed by atoms with E-state index in [1.54, 1.807) is 0 Å². The zero-order chi connectivity index (χ0) is 19.0. The Kier molecular flexibility index (Phi) is 4.27. The van der Waals surface area contributed by atoms with E-state index in [1.807, 2.05) is 0 Å². The molecular weight excluding hydrogens is 316 g/mol. The van der Waals surface area contributed by atoms with Crippen molar-refractivity contribution in [2.45, 2.75) is 106 Å². The number of hydrogen-bond acceptors (Lipinski definition) is 1. The fraction of sp³-hybridized carbons (Fsp3) is 0.960. The Labute approximate surface area is 162 Å². The van der Waals surface area contributed by atoms with E-state index in [0.717, 1.165) is 24.7 Å². The summed E-state index contributed by atoms with van der Waals surface area (Å²) in [7, 11) is 0. The molecule has 0 spiro atoms. The van der Waals surface area contributed by atoms with Crippen LogP contribution in [0.5, 0.6) is 0 Å². The second kappa shape index (κ2) is 5.84. The summed E-state index contributed by atoms with van der Waals surface area (Å²) in [6, 6.07) is 0. The maximum atomic E-state index is 13.6. The highest BCUT2D eigenvalue weighted by molar-refractivity contribution is 5.85. The summed E-state index contributed by atoms with van der Waals surface area (Å²) in [6.07, 6.45) is 12.9. The number of carbonyl (C=O) groups is 1. The molecule has 0 saturated heterocycles. The third kappa shape index (κ3) is 2.37. The molecule has 0 radical (unpaired) electrons. The zero-order valence-electron chi connectivity index (χ0n) is 18.3. The van der Waals surface area contributed by atoms with Crippen molar-refractivity contribution < 1.29 is 4.79 Å². The molecule has 0 N–H and O–H groups in total. The second-order valence-electron chi connectivity index (χ2n) is 12.0. The molecule has 4 atom stereocenters. The first-order chi connectivity index (χ1) is 12.1. The first-order valence-electron chi connectivity index (χ1n) is 11.6. The van der Waals surface area contributed by atoms with Gasteiger partial charge in [-0.2, -0.15) is 0 Å². The zero-order valence-corrected chi connectivity index (χ0v) is 18.3. The summed E-state index contributed by atoms with van der Waals surface area (Å²) in [5.74, 6) is 3.44. The van der Waals surface area contributed by atoms with Crippen molar-refractivity contribution in [3.63, 3.8) is 0 Å². The maximum Gasteiger partial charge on any atom is 0.139 e. The van der Waals surface area contributed by atoms with Crippen molar-refractivity contribution >= 4 is 5.78 Å². The molecule has 1 nitrogen and oxygen atoms in total. The van der Waals surface area contributed by atoms with Crippen molar-refractivity contribution in [2.75, 3.05) is 0 Å². The maximum absolute atomic E-state index is 13.6. The Morgan fingerprint density at radius 2 is 1.23 bits per heavy atom. The summed E-state index contributed by atoms with van der Waals surface area (Å²) in [4.78, 5) is 13.6. The minimum Gasteiger partial charge on any atom is -0.299 e. The van der Waals surface area contributed by atoms with Gasteiger partial charge in [-0.3, -0.25) is 4.79 Å². The van der Waals surface area contributed by atoms with E-state index in [2.05, 4.69) is 41.5 Å². The van der Waals surface area contributed by atoms with Gasteiger partial charge in [-0.1, -0.05) is 41.5 Å². The Balaban J connectivity index is 1.51. The van der Waals surface area contributed by atoms with Crippen molar-refractivity contribution in [2.24, 2.45) is 45.3 Å². The molecule has 6 aliphatic rings. The van der Waals surface area contributed by atoms with Crippen molar-refractivity contribution in [3.8, 4) is 0 Å². The average molecular weight is 359 g/mol. The molecule has 6 saturated carbocycles. The van der Waals surface area contributed by atoms with Gasteiger partial charge in [0.2, 0.25) is 0 Å². The lowest BCUT2D eigenvalue weighted by Crippen LogP contribution is -2.56. The van der Waals surface area contributed by atoms with Crippen LogP contribution < -0.4 is 0 Å². The quantitative estimate of drug-likeness (QED) is 0.526. The molecule has 0 heterocycles. The predicted molar refractivity (Wildman–Crippen MR) is 109 cm³/mol. The molecule has 0 aromatic rings. The van der Waals surface area contributed by atoms with E-state index in [0.29, 0.717) is 33.9 Å². The van der Waals surface area contributed by atoms with Crippen molar-refractivity contribution in [1.29, 1.82) is 0 Å². The van der Waals surface area contributed by atoms with Crippen LogP contribution in [0.2, 0.25) is 0 Å². The van der Waals surface area contributed by atoms with Crippen molar-refractivity contribution in [3.05, 3.63) is 0 Å². The molecule has 6 fully saturated rings. The summed E-state index contributed by atoms with van der Waals surface area (Å²) in [5.41, 5.74) is 1.27. The molecule has 0 aromatic heterocycles. The third-order valence-electron chi connectivity index (χ3n) is 11.5. The summed E-state index contributed by atoms with van der Waals surface area (Å²) < 4.78 is 0. The SMILES string of the molecule is CC1C2(C)CCC(CC2)C1(C)CCC(=O)C1(C)C2CCC(C)(CC2)C1C. The normalized spacial score (nSPS) is 55.9. The van der Waals surface area contributed by atoms with Gasteiger partial charge in [0, 0.05) is 11.8 Å². The van der Waals surface area contributed by atoms with E-state index in [1.165, 1.54) is 51.4 Å². The van der Waals surface area contributed by atoms with E-state index in [-0.39, 0.29) is 5.41 Å². The van der Waals surface area contributed by atoms with Gasteiger partial charge in [-0.05, 0) is 97.7 Å². The summed E-state index contributed by atoms with van der Waals surface area (Å²) in [5, 5.41) is 0. The molecule has 148 valence electrons. The number of rotatable bonds is 4. The molecule has 6 rings (SSSR count). The molecule has 4 bridgehead atoms. The lowest BCUT2D eigenvalue weighted by atomic mass is 9.43. The summed E-state index contributed by atoms with van der Waals surface area (Å²) >= 11 is 0. The molecule has 1 heteroatoms. The van der Waals surface area contributed by atoms with Crippen LogP contribution in [-0.2, 0) is 4.79 Å². The number of fused-ring (bicyclic) bond motifs is 6. The van der Waals surface area contributed by atoms with Gasteiger partial charge in [-0.15, -0.1) is 0 Å². The highest BCUT2D eigenvalue weighted by Crippen LogP contribution is 2.65. The number of ketones is 1. The third-order valence-corrected chi connectivity index (χ3v) is 11.5. The summed E-state index contributed by atoms with van der Waals surface area (Å²) in [6.45, 7) is 14.8. The van der Waals surface area contributed by atoms with Crippen LogP contribution in [0, 0.1) is 45.3 Å². The minimum atomic E-state index is -0.0531. The van der Waals surface area contributed by atoms with Gasteiger partial charge in [-0.25, -0.2) is 0 Å². The lowest BCUT2D eigenvalue weighted by molar-refractivity contribution is -0.158. The number of carbonyl (C=O) groups excluding carboxylic acids is 1. The first-order valence-corrected chi connectivity index (χ1v) is 11.6. The molecule has 6 aliphatic carbocycles. The lowest BCUT2D eigenvalue weighted by Gasteiger charge is -2.61. The molecule has 0 aromatic carbocycles. The van der Waals surface area contributed by atoms with Gasteiger partial charge in [0.25, 0.3) is 0 Å². The molecule has 4 unspecified atom stereocenters. The van der Waals surface area contributed by atoms with Gasteiger partial charge in [0.1, 0.15) is 5.78 Å². The molecular formula is C25H42O. The van der Waals surface area contributed by atoms with Gasteiger partial charge >= 0.3 is 0 Å². The molecule has 26 heavy (non-hydrogen) atoms. The Morgan fingerprint density at radius 3 is 1.77 bits per heavy atom. The predicted octanol–water partition coefficient (Wildman–Crippen LogP) is 7.04. The van der Waals surface area contributed by atoms with Gasteiger partial charge in [0.05, 0.1) is 0 Å². The minimum absolute atomic E-state index is 0.0531. The smallest absolute Gasteiger partial charge is 0.139 e. The Hall–Kier alpha value is -0.330. The fourth-order valence-corrected chi connectivity index (χ4v) is 8.45. The first kappa shape index (κ1) is 19.0. The second-order valence-corrected chi connectivity index (χ2v) is 12.0. The van der Waals surface area contributed by atoms with E-state index in [9.17, 15) is 4.79 Å². The largest absolute Gasteiger partial charge is 0.299 e. The fourth-order valence-electron chi connectivity index (χ4n) is 8.45. The van der Waals surface area contributed by atoms with Crippen LogP contribution in [0.3, 0.4) is 0 Å². The van der Waals surface area contributed by atoms with Crippen LogP contribution in [0.25, 0.3) is 0 Å². The van der Waals surface area contributed by atoms with E-state index >= 15 is 0 Å². The van der Waals surface area contributed by atoms with Crippen LogP contribution in [0.4, 0.5) is 0 Å². The monoisotopic (exact) mass is 358 g/mol. The highest BCUT2D eigenvalue weighted by atomic mass is 16.1. The van der Waals surface area contributed by atoms with E-state index in [4.69, 9.17) is 0 Å². The standard InChI is InChI=1S/C25H42O/c1-17-22(3)12-7-19(8-13-22)24(17,5)16-11-21(26)25(6)18(2)23(4)14-9-20(25)10-15-23/h17-20H,7-16H2,1-6H3.